The molecule has 2 aromatic carbocycles. The van der Waals surface area contributed by atoms with E-state index in [1.54, 1.807) is 29.2 Å². The lowest BCUT2D eigenvalue weighted by Crippen LogP contribution is -2.42. The predicted octanol–water partition coefficient (Wildman–Crippen LogP) is 3.90. The molecule has 2 aliphatic rings. The summed E-state index contributed by atoms with van der Waals surface area (Å²) in [5, 5.41) is 0. The van der Waals surface area contributed by atoms with E-state index >= 15 is 0 Å². The molecule has 0 saturated carbocycles. The highest BCUT2D eigenvalue weighted by Gasteiger charge is 2.28. The summed E-state index contributed by atoms with van der Waals surface area (Å²) in [6.45, 7) is 2.00. The van der Waals surface area contributed by atoms with E-state index < -0.39 is 6.09 Å². The van der Waals surface area contributed by atoms with E-state index in [1.807, 2.05) is 24.3 Å². The SMILES string of the molecule is O=C1/C(=C/c2ccccc2Br)Oc2cc(OC(=O)N3CCOCC3)ccc21. The van der Waals surface area contributed by atoms with Crippen molar-refractivity contribution < 1.29 is 23.8 Å². The number of halogens is 1. The third kappa shape index (κ3) is 3.74. The first-order chi connectivity index (χ1) is 13.1. The second-order valence-corrected chi connectivity index (χ2v) is 6.94. The highest BCUT2D eigenvalue weighted by atomic mass is 79.9. The van der Waals surface area contributed by atoms with Gasteiger partial charge in [-0.15, -0.1) is 0 Å². The van der Waals surface area contributed by atoms with Gasteiger partial charge in [0.15, 0.2) is 5.76 Å². The maximum atomic E-state index is 12.6. The number of nitrogens with zero attached hydrogens (tertiary/aromatic N) is 1. The van der Waals surface area contributed by atoms with Crippen LogP contribution in [0.5, 0.6) is 11.5 Å². The van der Waals surface area contributed by atoms with Gasteiger partial charge in [0.2, 0.25) is 5.78 Å². The Morgan fingerprint density at radius 3 is 2.70 bits per heavy atom. The van der Waals surface area contributed by atoms with Gasteiger partial charge in [0.05, 0.1) is 18.8 Å². The standard InChI is InChI=1S/C20H16BrNO5/c21-16-4-2-1-3-13(16)11-18-19(23)15-6-5-14(12-17(15)27-18)26-20(24)22-7-9-25-10-8-22/h1-6,11-12H,7-10H2/b18-11-. The van der Waals surface area contributed by atoms with Gasteiger partial charge in [-0.3, -0.25) is 4.79 Å². The van der Waals surface area contributed by atoms with E-state index in [1.165, 1.54) is 0 Å². The van der Waals surface area contributed by atoms with Crippen molar-refractivity contribution in [2.45, 2.75) is 0 Å². The Morgan fingerprint density at radius 1 is 1.15 bits per heavy atom. The number of benzene rings is 2. The van der Waals surface area contributed by atoms with Crippen molar-refractivity contribution in [3.8, 4) is 11.5 Å². The normalized spacial score (nSPS) is 17.6. The van der Waals surface area contributed by atoms with Crippen LogP contribution in [-0.4, -0.2) is 43.1 Å². The van der Waals surface area contributed by atoms with E-state index in [2.05, 4.69) is 15.9 Å². The average molecular weight is 430 g/mol. The number of ether oxygens (including phenoxy) is 3. The molecule has 0 atom stereocenters. The second kappa shape index (κ2) is 7.54. The zero-order chi connectivity index (χ0) is 18.8. The third-order valence-electron chi connectivity index (χ3n) is 4.31. The Kier molecular flexibility index (Phi) is 4.96. The van der Waals surface area contributed by atoms with Gasteiger partial charge in [-0.2, -0.15) is 0 Å². The van der Waals surface area contributed by atoms with Gasteiger partial charge < -0.3 is 19.1 Å². The van der Waals surface area contributed by atoms with Crippen LogP contribution < -0.4 is 9.47 Å². The molecule has 2 heterocycles. The minimum absolute atomic E-state index is 0.202. The van der Waals surface area contributed by atoms with E-state index in [4.69, 9.17) is 14.2 Å². The van der Waals surface area contributed by atoms with Crippen molar-refractivity contribution >= 4 is 33.9 Å². The Morgan fingerprint density at radius 2 is 1.93 bits per heavy atom. The van der Waals surface area contributed by atoms with Crippen LogP contribution in [-0.2, 0) is 4.74 Å². The minimum atomic E-state index is -0.438. The predicted molar refractivity (Wildman–Crippen MR) is 102 cm³/mol. The largest absolute Gasteiger partial charge is 0.452 e. The minimum Gasteiger partial charge on any atom is -0.452 e. The van der Waals surface area contributed by atoms with E-state index in [0.29, 0.717) is 43.4 Å². The lowest BCUT2D eigenvalue weighted by molar-refractivity contribution is 0.0416. The van der Waals surface area contributed by atoms with Crippen molar-refractivity contribution in [1.82, 2.24) is 4.90 Å². The van der Waals surface area contributed by atoms with Gasteiger partial charge in [0.25, 0.3) is 0 Å². The van der Waals surface area contributed by atoms with Crippen molar-refractivity contribution in [1.29, 1.82) is 0 Å². The molecule has 1 saturated heterocycles. The monoisotopic (exact) mass is 429 g/mol. The van der Waals surface area contributed by atoms with Crippen LogP contribution in [0.15, 0.2) is 52.7 Å². The first-order valence-corrected chi connectivity index (χ1v) is 9.28. The zero-order valence-electron chi connectivity index (χ0n) is 14.3. The molecule has 27 heavy (non-hydrogen) atoms. The van der Waals surface area contributed by atoms with E-state index in [-0.39, 0.29) is 11.5 Å². The quantitative estimate of drug-likeness (QED) is 0.677. The third-order valence-corrected chi connectivity index (χ3v) is 5.03. The molecule has 0 bridgehead atoms. The van der Waals surface area contributed by atoms with Gasteiger partial charge in [-0.25, -0.2) is 4.79 Å². The van der Waals surface area contributed by atoms with Crippen LogP contribution in [0, 0.1) is 0 Å². The van der Waals surface area contributed by atoms with Gasteiger partial charge in [0, 0.05) is 23.6 Å². The molecule has 0 spiro atoms. The van der Waals surface area contributed by atoms with Crippen molar-refractivity contribution in [3.05, 3.63) is 63.8 Å². The summed E-state index contributed by atoms with van der Waals surface area (Å²) >= 11 is 3.45. The van der Waals surface area contributed by atoms with Gasteiger partial charge >= 0.3 is 6.09 Å². The molecule has 138 valence electrons. The summed E-state index contributed by atoms with van der Waals surface area (Å²) < 4.78 is 17.2. The van der Waals surface area contributed by atoms with Gasteiger partial charge in [-0.05, 0) is 29.8 Å². The molecule has 0 unspecified atom stereocenters. The first kappa shape index (κ1) is 17.8. The Balaban J connectivity index is 1.52. The number of Topliss-reactive ketones (excluding diaryl/α,β-unsaturated/α-hetero) is 1. The number of carbonyl (C=O) groups excluding carboxylic acids is 2. The number of hydrogen-bond donors (Lipinski definition) is 0. The molecule has 0 N–H and O–H groups in total. The van der Waals surface area contributed by atoms with Crippen LogP contribution >= 0.6 is 15.9 Å². The molecule has 4 rings (SSSR count). The first-order valence-electron chi connectivity index (χ1n) is 8.49. The number of fused-ring (bicyclic) bond motifs is 1. The highest BCUT2D eigenvalue weighted by molar-refractivity contribution is 9.10. The summed E-state index contributed by atoms with van der Waals surface area (Å²) in [5.74, 6) is 0.742. The van der Waals surface area contributed by atoms with Crippen LogP contribution in [0.25, 0.3) is 6.08 Å². The number of rotatable bonds is 2. The molecule has 2 aromatic rings. The molecule has 0 aromatic heterocycles. The number of amides is 1. The Hall–Kier alpha value is -2.64. The fraction of sp³-hybridized carbons (Fsp3) is 0.200. The topological polar surface area (TPSA) is 65.1 Å². The smallest absolute Gasteiger partial charge is 0.415 e. The second-order valence-electron chi connectivity index (χ2n) is 6.09. The van der Waals surface area contributed by atoms with Crippen LogP contribution in [0.4, 0.5) is 4.79 Å². The fourth-order valence-corrected chi connectivity index (χ4v) is 3.27. The summed E-state index contributed by atoms with van der Waals surface area (Å²) in [6.07, 6.45) is 1.25. The molecule has 1 fully saturated rings. The fourth-order valence-electron chi connectivity index (χ4n) is 2.88. The number of morpholine rings is 1. The zero-order valence-corrected chi connectivity index (χ0v) is 15.9. The number of allylic oxidation sites excluding steroid dienone is 1. The van der Waals surface area contributed by atoms with Crippen LogP contribution in [0.3, 0.4) is 0 Å². The summed E-state index contributed by atoms with van der Waals surface area (Å²) in [7, 11) is 0. The lowest BCUT2D eigenvalue weighted by Gasteiger charge is -2.25. The molecule has 7 heteroatoms. The molecule has 6 nitrogen and oxygen atoms in total. The molecular weight excluding hydrogens is 414 g/mol. The lowest BCUT2D eigenvalue weighted by atomic mass is 10.1. The molecule has 1 amide bonds. The maximum Gasteiger partial charge on any atom is 0.415 e. The summed E-state index contributed by atoms with van der Waals surface area (Å²) in [4.78, 5) is 26.3. The summed E-state index contributed by atoms with van der Waals surface area (Å²) in [5.41, 5.74) is 1.28. The van der Waals surface area contributed by atoms with Gasteiger partial charge in [0.1, 0.15) is 11.5 Å². The van der Waals surface area contributed by atoms with Crippen molar-refractivity contribution in [2.75, 3.05) is 26.3 Å². The molecule has 2 aliphatic heterocycles. The molecule has 0 radical (unpaired) electrons. The van der Waals surface area contributed by atoms with E-state index in [0.717, 1.165) is 10.0 Å². The molecular formula is C20H16BrNO5. The van der Waals surface area contributed by atoms with Crippen molar-refractivity contribution in [2.24, 2.45) is 0 Å². The van der Waals surface area contributed by atoms with Crippen LogP contribution in [0.2, 0.25) is 0 Å². The summed E-state index contributed by atoms with van der Waals surface area (Å²) in [6, 6.07) is 12.3. The number of hydrogen-bond acceptors (Lipinski definition) is 5. The number of ketones is 1. The molecule has 0 aliphatic carbocycles. The number of carbonyl (C=O) groups is 2. The van der Waals surface area contributed by atoms with Gasteiger partial charge in [-0.1, -0.05) is 34.1 Å². The Bertz CT molecular complexity index is 934. The Labute approximate surface area is 164 Å². The highest BCUT2D eigenvalue weighted by Crippen LogP contribution is 2.35. The van der Waals surface area contributed by atoms with Crippen molar-refractivity contribution in [3.63, 3.8) is 0 Å². The van der Waals surface area contributed by atoms with E-state index in [9.17, 15) is 9.59 Å². The average Bonchev–Trinajstić information content (AvgIpc) is 2.99. The maximum absolute atomic E-state index is 12.6. The van der Waals surface area contributed by atoms with Crippen LogP contribution in [0.1, 0.15) is 15.9 Å².